The summed E-state index contributed by atoms with van der Waals surface area (Å²) in [5.41, 5.74) is 5.41. The van der Waals surface area contributed by atoms with Gasteiger partial charge in [-0.25, -0.2) is 4.79 Å². The second-order valence-corrected chi connectivity index (χ2v) is 7.75. The number of hydrogen-bond acceptors (Lipinski definition) is 6. The summed E-state index contributed by atoms with van der Waals surface area (Å²) >= 11 is 18.2. The molecule has 3 aromatic rings. The number of ether oxygens (including phenoxy) is 3. The molecule has 0 aromatic heterocycles. The van der Waals surface area contributed by atoms with E-state index in [1.165, 1.54) is 7.11 Å². The number of hydrazone groups is 1. The predicted octanol–water partition coefficient (Wildman–Crippen LogP) is 6.47. The fourth-order valence-corrected chi connectivity index (χ4v) is 3.62. The Kier molecular flexibility index (Phi) is 8.22. The van der Waals surface area contributed by atoms with Gasteiger partial charge in [0, 0.05) is 5.02 Å². The highest BCUT2D eigenvalue weighted by atomic mass is 35.5. The first-order chi connectivity index (χ1) is 15.4. The van der Waals surface area contributed by atoms with Gasteiger partial charge < -0.3 is 14.2 Å². The minimum Gasteiger partial charge on any atom is -0.493 e. The molecule has 0 aliphatic heterocycles. The summed E-state index contributed by atoms with van der Waals surface area (Å²) in [5, 5.41) is 5.33. The molecule has 3 rings (SSSR count). The molecule has 0 spiro atoms. The highest BCUT2D eigenvalue weighted by Crippen LogP contribution is 2.33. The molecule has 0 fully saturated rings. The molecule has 3 aromatic carbocycles. The van der Waals surface area contributed by atoms with E-state index in [4.69, 9.17) is 49.0 Å². The molecular weight excluding hydrogens is 475 g/mol. The van der Waals surface area contributed by atoms with Gasteiger partial charge in [-0.2, -0.15) is 5.10 Å². The molecule has 9 heteroatoms. The van der Waals surface area contributed by atoms with Gasteiger partial charge in [-0.15, -0.1) is 0 Å². The lowest BCUT2D eigenvalue weighted by atomic mass is 10.1. The van der Waals surface area contributed by atoms with Gasteiger partial charge in [0.15, 0.2) is 11.5 Å². The minimum atomic E-state index is -0.383. The molecule has 0 atom stereocenters. The van der Waals surface area contributed by atoms with Crippen LogP contribution in [0.4, 0.5) is 5.69 Å². The van der Waals surface area contributed by atoms with Crippen molar-refractivity contribution in [3.63, 3.8) is 0 Å². The number of benzene rings is 3. The number of carbonyl (C=O) groups excluding carboxylic acids is 1. The normalized spacial score (nSPS) is 10.8. The van der Waals surface area contributed by atoms with E-state index in [2.05, 4.69) is 10.5 Å². The van der Waals surface area contributed by atoms with E-state index in [1.54, 1.807) is 61.9 Å². The molecule has 0 saturated heterocycles. The van der Waals surface area contributed by atoms with Crippen molar-refractivity contribution in [2.24, 2.45) is 5.10 Å². The van der Waals surface area contributed by atoms with Gasteiger partial charge in [0.2, 0.25) is 0 Å². The molecule has 0 aliphatic carbocycles. The van der Waals surface area contributed by atoms with Crippen LogP contribution in [0.2, 0.25) is 15.1 Å². The highest BCUT2D eigenvalue weighted by Gasteiger charge is 2.09. The Morgan fingerprint density at radius 3 is 2.28 bits per heavy atom. The lowest BCUT2D eigenvalue weighted by molar-refractivity contribution is 0.0600. The molecule has 1 N–H and O–H groups in total. The lowest BCUT2D eigenvalue weighted by Gasteiger charge is -2.12. The number of nitrogens with zero attached hydrogens (tertiary/aromatic N) is 1. The summed E-state index contributed by atoms with van der Waals surface area (Å²) in [6.07, 6.45) is 1.60. The van der Waals surface area contributed by atoms with Crippen LogP contribution < -0.4 is 14.9 Å². The van der Waals surface area contributed by atoms with Crippen molar-refractivity contribution in [1.82, 2.24) is 0 Å². The third-order valence-electron chi connectivity index (χ3n) is 4.35. The summed E-state index contributed by atoms with van der Waals surface area (Å²) in [5.74, 6) is 0.729. The molecule has 0 saturated carbocycles. The van der Waals surface area contributed by atoms with Crippen molar-refractivity contribution in [2.75, 3.05) is 19.6 Å². The molecule has 0 bridgehead atoms. The van der Waals surface area contributed by atoms with Crippen LogP contribution in [0, 0.1) is 0 Å². The number of carbonyl (C=O) groups is 1. The second-order valence-electron chi connectivity index (χ2n) is 6.50. The molecule has 0 heterocycles. The van der Waals surface area contributed by atoms with Gasteiger partial charge in [0.05, 0.1) is 41.7 Å². The van der Waals surface area contributed by atoms with Crippen molar-refractivity contribution in [2.45, 2.75) is 6.61 Å². The maximum absolute atomic E-state index is 11.5. The van der Waals surface area contributed by atoms with Crippen LogP contribution in [0.1, 0.15) is 21.5 Å². The van der Waals surface area contributed by atoms with Crippen molar-refractivity contribution in [1.29, 1.82) is 0 Å². The van der Waals surface area contributed by atoms with E-state index in [0.717, 1.165) is 11.1 Å². The number of nitrogens with one attached hydrogen (secondary N) is 1. The Hall–Kier alpha value is -2.93. The molecule has 0 unspecified atom stereocenters. The van der Waals surface area contributed by atoms with Crippen molar-refractivity contribution in [3.05, 3.63) is 86.4 Å². The van der Waals surface area contributed by atoms with E-state index in [9.17, 15) is 4.79 Å². The first-order valence-corrected chi connectivity index (χ1v) is 10.5. The quantitative estimate of drug-likeness (QED) is 0.221. The Balaban J connectivity index is 1.65. The van der Waals surface area contributed by atoms with Gasteiger partial charge in [-0.05, 0) is 53.6 Å². The summed E-state index contributed by atoms with van der Waals surface area (Å²) in [7, 11) is 2.90. The van der Waals surface area contributed by atoms with Gasteiger partial charge in [0.1, 0.15) is 6.61 Å². The van der Waals surface area contributed by atoms with Gasteiger partial charge in [0.25, 0.3) is 0 Å². The number of anilines is 1. The summed E-state index contributed by atoms with van der Waals surface area (Å²) in [4.78, 5) is 11.5. The number of hydrogen-bond donors (Lipinski definition) is 1. The first-order valence-electron chi connectivity index (χ1n) is 9.33. The molecule has 32 heavy (non-hydrogen) atoms. The van der Waals surface area contributed by atoms with Crippen molar-refractivity contribution in [3.8, 4) is 11.5 Å². The number of rotatable bonds is 8. The average Bonchev–Trinajstić information content (AvgIpc) is 2.79. The average molecular weight is 494 g/mol. The molecule has 6 nitrogen and oxygen atoms in total. The summed E-state index contributed by atoms with van der Waals surface area (Å²) in [6.45, 7) is 0.306. The molecule has 0 aliphatic rings. The Morgan fingerprint density at radius 1 is 0.969 bits per heavy atom. The van der Waals surface area contributed by atoms with Crippen LogP contribution in [-0.2, 0) is 11.3 Å². The SMILES string of the molecule is COC(=O)c1ccc(COc2ccc(/C=N\Nc3c(Cl)cc(Cl)cc3Cl)cc2OC)cc1. The predicted molar refractivity (Wildman–Crippen MR) is 128 cm³/mol. The molecular formula is C23H19Cl3N2O4. The zero-order valence-electron chi connectivity index (χ0n) is 17.2. The third kappa shape index (κ3) is 6.07. The topological polar surface area (TPSA) is 69.2 Å². The van der Waals surface area contributed by atoms with E-state index in [1.807, 2.05) is 6.07 Å². The van der Waals surface area contributed by atoms with E-state index < -0.39 is 0 Å². The van der Waals surface area contributed by atoms with Crippen LogP contribution >= 0.6 is 34.8 Å². The number of methoxy groups -OCH3 is 2. The van der Waals surface area contributed by atoms with Crippen LogP contribution in [0.5, 0.6) is 11.5 Å². The Morgan fingerprint density at radius 2 is 1.66 bits per heavy atom. The van der Waals surface area contributed by atoms with E-state index >= 15 is 0 Å². The lowest BCUT2D eigenvalue weighted by Crippen LogP contribution is -2.02. The molecule has 0 radical (unpaired) electrons. The molecule has 0 amide bonds. The third-order valence-corrected chi connectivity index (χ3v) is 5.17. The smallest absolute Gasteiger partial charge is 0.337 e. The van der Waals surface area contributed by atoms with Crippen molar-refractivity contribution < 1.29 is 19.0 Å². The van der Waals surface area contributed by atoms with E-state index in [-0.39, 0.29) is 5.97 Å². The monoisotopic (exact) mass is 492 g/mol. The van der Waals surface area contributed by atoms with Gasteiger partial charge in [-0.3, -0.25) is 5.43 Å². The largest absolute Gasteiger partial charge is 0.493 e. The minimum absolute atomic E-state index is 0.306. The second kappa shape index (κ2) is 11.1. The number of halogens is 3. The standard InChI is InChI=1S/C23H19Cl3N2O4/c1-30-21-9-15(12-27-28-22-18(25)10-17(24)11-19(22)26)5-8-20(21)32-13-14-3-6-16(7-4-14)23(29)31-2/h3-12,28H,13H2,1-2H3/b27-12-. The fraction of sp³-hybridized carbons (Fsp3) is 0.130. The van der Waals surface area contributed by atoms with Gasteiger partial charge >= 0.3 is 5.97 Å². The Bertz CT molecular complexity index is 1110. The number of esters is 1. The van der Waals surface area contributed by atoms with Crippen LogP contribution in [-0.4, -0.2) is 26.4 Å². The van der Waals surface area contributed by atoms with Crippen LogP contribution in [0.25, 0.3) is 0 Å². The first kappa shape index (κ1) is 23.7. The summed E-state index contributed by atoms with van der Waals surface area (Å²) in [6, 6.07) is 15.5. The zero-order valence-corrected chi connectivity index (χ0v) is 19.5. The van der Waals surface area contributed by atoms with Crippen molar-refractivity contribution >= 4 is 52.7 Å². The maximum atomic E-state index is 11.5. The summed E-state index contributed by atoms with van der Waals surface area (Å²) < 4.78 is 16.0. The van der Waals surface area contributed by atoms with Crippen LogP contribution in [0.3, 0.4) is 0 Å². The zero-order chi connectivity index (χ0) is 23.1. The maximum Gasteiger partial charge on any atom is 0.337 e. The van der Waals surface area contributed by atoms with Gasteiger partial charge in [-0.1, -0.05) is 46.9 Å². The van der Waals surface area contributed by atoms with Crippen LogP contribution in [0.15, 0.2) is 59.7 Å². The molecule has 166 valence electrons. The Labute approximate surface area is 200 Å². The fourth-order valence-electron chi connectivity index (χ4n) is 2.72. The highest BCUT2D eigenvalue weighted by molar-refractivity contribution is 6.41. The van der Waals surface area contributed by atoms with E-state index in [0.29, 0.717) is 44.4 Å².